The van der Waals surface area contributed by atoms with Gasteiger partial charge in [0.25, 0.3) is 10.0 Å². The topological polar surface area (TPSA) is 70.6 Å². The normalized spacial score (nSPS) is 15.8. The summed E-state index contributed by atoms with van der Waals surface area (Å²) in [5.74, 6) is 0.217. The molecule has 0 heterocycles. The average molecular weight is 416 g/mol. The summed E-state index contributed by atoms with van der Waals surface area (Å²) >= 11 is 5.44. The first-order valence-corrected chi connectivity index (χ1v) is 11.3. The van der Waals surface area contributed by atoms with E-state index in [1.54, 1.807) is 36.4 Å². The molecule has 0 aliphatic heterocycles. The van der Waals surface area contributed by atoms with E-state index in [2.05, 4.69) is 15.0 Å². The minimum atomic E-state index is -3.87. The Labute approximate surface area is 172 Å². The van der Waals surface area contributed by atoms with Gasteiger partial charge >= 0.3 is 0 Å². The van der Waals surface area contributed by atoms with E-state index >= 15 is 0 Å². The van der Waals surface area contributed by atoms with Crippen molar-refractivity contribution in [1.82, 2.24) is 10.6 Å². The Morgan fingerprint density at radius 1 is 1.00 bits per heavy atom. The molecule has 0 saturated heterocycles. The molecule has 3 rings (SSSR count). The Kier molecular flexibility index (Phi) is 6.80. The predicted octanol–water partition coefficient (Wildman–Crippen LogP) is 3.93. The molecule has 0 spiro atoms. The fourth-order valence-corrected chi connectivity index (χ4v) is 4.44. The van der Waals surface area contributed by atoms with Crippen molar-refractivity contribution in [3.63, 3.8) is 0 Å². The van der Waals surface area contributed by atoms with Gasteiger partial charge < -0.3 is 10.6 Å². The van der Waals surface area contributed by atoms with Gasteiger partial charge in [-0.1, -0.05) is 67.3 Å². The lowest BCUT2D eigenvalue weighted by atomic mass is 9.96. The fourth-order valence-electron chi connectivity index (χ4n) is 3.20. The van der Waals surface area contributed by atoms with E-state index in [4.69, 9.17) is 12.2 Å². The highest BCUT2D eigenvalue weighted by Gasteiger charge is 2.18. The zero-order valence-corrected chi connectivity index (χ0v) is 17.5. The first-order chi connectivity index (χ1) is 13.4. The number of hydrogen-bond acceptors (Lipinski definition) is 3. The van der Waals surface area contributed by atoms with Crippen LogP contribution < -0.4 is 10.6 Å². The van der Waals surface area contributed by atoms with Crippen LogP contribution in [0.4, 0.5) is 0 Å². The summed E-state index contributed by atoms with van der Waals surface area (Å²) in [6.07, 6.45) is 5.76. The molecule has 5 nitrogen and oxygen atoms in total. The molecule has 1 aliphatic carbocycles. The molecule has 0 amide bonds. The van der Waals surface area contributed by atoms with Gasteiger partial charge in [-0.2, -0.15) is 8.42 Å². The summed E-state index contributed by atoms with van der Waals surface area (Å²) in [6.45, 7) is 1.91. The van der Waals surface area contributed by atoms with Crippen LogP contribution in [0.15, 0.2) is 63.9 Å². The Hall–Kier alpha value is -2.25. The average Bonchev–Trinajstić information content (AvgIpc) is 2.69. The first kappa shape index (κ1) is 20.5. The van der Waals surface area contributed by atoms with Crippen LogP contribution in [0, 0.1) is 6.92 Å². The maximum absolute atomic E-state index is 12.8. The SMILES string of the molecule is Cc1ccc(S(=O)(=O)N=C(NC(=S)NC2CCCCC2)c2ccccc2)cc1. The second-order valence-corrected chi connectivity index (χ2v) is 9.04. The summed E-state index contributed by atoms with van der Waals surface area (Å²) in [7, 11) is -3.87. The van der Waals surface area contributed by atoms with Crippen LogP contribution in [0.2, 0.25) is 0 Å². The van der Waals surface area contributed by atoms with E-state index in [9.17, 15) is 8.42 Å². The number of aryl methyl sites for hydroxylation is 1. The molecular formula is C21H25N3O2S2. The lowest BCUT2D eigenvalue weighted by molar-refractivity contribution is 0.413. The second kappa shape index (κ2) is 9.30. The third-order valence-electron chi connectivity index (χ3n) is 4.75. The van der Waals surface area contributed by atoms with Gasteiger partial charge in [-0.3, -0.25) is 0 Å². The van der Waals surface area contributed by atoms with Crippen LogP contribution >= 0.6 is 12.2 Å². The molecule has 2 aromatic rings. The molecule has 0 bridgehead atoms. The summed E-state index contributed by atoms with van der Waals surface area (Å²) in [6, 6.07) is 16.1. The van der Waals surface area contributed by atoms with Crippen LogP contribution in [0.3, 0.4) is 0 Å². The Balaban J connectivity index is 1.85. The fraction of sp³-hybridized carbons (Fsp3) is 0.333. The van der Waals surface area contributed by atoms with Crippen molar-refractivity contribution >= 4 is 33.2 Å². The van der Waals surface area contributed by atoms with Crippen molar-refractivity contribution in [2.24, 2.45) is 4.40 Å². The highest BCUT2D eigenvalue weighted by Crippen LogP contribution is 2.17. The molecule has 2 N–H and O–H groups in total. The van der Waals surface area contributed by atoms with Gasteiger partial charge in [0.15, 0.2) is 10.9 Å². The molecule has 148 valence electrons. The van der Waals surface area contributed by atoms with E-state index < -0.39 is 10.0 Å². The summed E-state index contributed by atoms with van der Waals surface area (Å²) in [5, 5.41) is 6.70. The molecule has 0 aromatic heterocycles. The van der Waals surface area contributed by atoms with Gasteiger partial charge in [-0.25, -0.2) is 0 Å². The minimum Gasteiger partial charge on any atom is -0.360 e. The quantitative estimate of drug-likeness (QED) is 0.450. The molecule has 1 aliphatic rings. The number of nitrogens with zero attached hydrogens (tertiary/aromatic N) is 1. The minimum absolute atomic E-state index is 0.152. The molecular weight excluding hydrogens is 390 g/mol. The number of sulfonamides is 1. The zero-order chi connectivity index (χ0) is 20.0. The Morgan fingerprint density at radius 2 is 1.64 bits per heavy atom. The Morgan fingerprint density at radius 3 is 2.29 bits per heavy atom. The molecule has 2 aromatic carbocycles. The number of thiocarbonyl (C=S) groups is 1. The van der Waals surface area contributed by atoms with Gasteiger partial charge in [0.2, 0.25) is 0 Å². The third-order valence-corrected chi connectivity index (χ3v) is 6.26. The molecule has 1 fully saturated rings. The zero-order valence-electron chi connectivity index (χ0n) is 15.9. The molecule has 28 heavy (non-hydrogen) atoms. The number of rotatable bonds is 4. The number of hydrogen-bond donors (Lipinski definition) is 2. The first-order valence-electron chi connectivity index (χ1n) is 9.48. The van der Waals surface area contributed by atoms with Crippen LogP contribution in [-0.4, -0.2) is 25.4 Å². The standard InChI is InChI=1S/C21H25N3O2S2/c1-16-12-14-19(15-13-16)28(25,26)24-20(17-8-4-2-5-9-17)23-21(27)22-18-10-6-3-7-11-18/h2,4-5,8-9,12-15,18H,3,6-7,10-11H2,1H3,(H2,22,23,24,27). The van der Waals surface area contributed by atoms with Gasteiger partial charge in [0.05, 0.1) is 4.90 Å². The van der Waals surface area contributed by atoms with Crippen molar-refractivity contribution in [3.8, 4) is 0 Å². The van der Waals surface area contributed by atoms with Gasteiger partial charge in [-0.15, -0.1) is 4.40 Å². The second-order valence-electron chi connectivity index (χ2n) is 7.03. The van der Waals surface area contributed by atoms with E-state index in [1.165, 1.54) is 19.3 Å². The van der Waals surface area contributed by atoms with Crippen LogP contribution in [0.1, 0.15) is 43.2 Å². The Bertz CT molecular complexity index is 933. The third kappa shape index (κ3) is 5.62. The summed E-state index contributed by atoms with van der Waals surface area (Å²) < 4.78 is 29.7. The largest absolute Gasteiger partial charge is 0.360 e. The monoisotopic (exact) mass is 415 g/mol. The van der Waals surface area contributed by atoms with E-state index in [-0.39, 0.29) is 10.7 Å². The maximum atomic E-state index is 12.8. The summed E-state index contributed by atoms with van der Waals surface area (Å²) in [5.41, 5.74) is 1.65. The van der Waals surface area contributed by atoms with Crippen molar-refractivity contribution in [1.29, 1.82) is 0 Å². The van der Waals surface area contributed by atoms with Crippen molar-refractivity contribution in [2.45, 2.75) is 50.0 Å². The summed E-state index contributed by atoms with van der Waals surface area (Å²) in [4.78, 5) is 0.152. The van der Waals surface area contributed by atoms with Crippen LogP contribution in [0.5, 0.6) is 0 Å². The van der Waals surface area contributed by atoms with Gasteiger partial charge in [0, 0.05) is 11.6 Å². The van der Waals surface area contributed by atoms with Crippen LogP contribution in [-0.2, 0) is 10.0 Å². The smallest absolute Gasteiger partial charge is 0.284 e. The molecule has 0 atom stereocenters. The van der Waals surface area contributed by atoms with Gasteiger partial charge in [-0.05, 0) is 44.1 Å². The molecule has 0 radical (unpaired) electrons. The lowest BCUT2D eigenvalue weighted by Gasteiger charge is -2.24. The van der Waals surface area contributed by atoms with E-state index in [0.29, 0.717) is 16.7 Å². The van der Waals surface area contributed by atoms with E-state index in [0.717, 1.165) is 18.4 Å². The number of benzene rings is 2. The lowest BCUT2D eigenvalue weighted by Crippen LogP contribution is -2.45. The predicted molar refractivity (Wildman–Crippen MR) is 117 cm³/mol. The van der Waals surface area contributed by atoms with Crippen molar-refractivity contribution < 1.29 is 8.42 Å². The maximum Gasteiger partial charge on any atom is 0.284 e. The highest BCUT2D eigenvalue weighted by atomic mass is 32.2. The molecule has 1 saturated carbocycles. The highest BCUT2D eigenvalue weighted by molar-refractivity contribution is 7.90. The number of nitrogens with one attached hydrogen (secondary N) is 2. The molecule has 0 unspecified atom stereocenters. The van der Waals surface area contributed by atoms with Crippen molar-refractivity contribution in [3.05, 3.63) is 65.7 Å². The number of amidine groups is 1. The van der Waals surface area contributed by atoms with Crippen LogP contribution in [0.25, 0.3) is 0 Å². The van der Waals surface area contributed by atoms with Gasteiger partial charge in [0.1, 0.15) is 0 Å². The van der Waals surface area contributed by atoms with Crippen molar-refractivity contribution in [2.75, 3.05) is 0 Å². The molecule has 7 heteroatoms. The van der Waals surface area contributed by atoms with E-state index in [1.807, 2.05) is 25.1 Å².